The van der Waals surface area contributed by atoms with Gasteiger partial charge in [-0.15, -0.1) is 11.8 Å². The van der Waals surface area contributed by atoms with Crippen LogP contribution in [0.5, 0.6) is 0 Å². The van der Waals surface area contributed by atoms with Gasteiger partial charge >= 0.3 is 5.97 Å². The van der Waals surface area contributed by atoms with Crippen LogP contribution in [0.25, 0.3) is 0 Å². The maximum Gasteiger partial charge on any atom is 0.352 e. The minimum absolute atomic E-state index is 0.0438. The lowest BCUT2D eigenvalue weighted by molar-refractivity contribution is -0.689. The van der Waals surface area contributed by atoms with E-state index in [2.05, 4.69) is 5.32 Å². The fourth-order valence-electron chi connectivity index (χ4n) is 4.06. The van der Waals surface area contributed by atoms with E-state index in [0.717, 1.165) is 4.90 Å². The van der Waals surface area contributed by atoms with Crippen molar-refractivity contribution in [1.29, 1.82) is 0 Å². The van der Waals surface area contributed by atoms with Crippen LogP contribution in [0, 0.1) is 0 Å². The van der Waals surface area contributed by atoms with E-state index in [9.17, 15) is 37.3 Å². The first-order valence-corrected chi connectivity index (χ1v) is 13.0. The number of rotatable bonds is 8. The van der Waals surface area contributed by atoms with Crippen LogP contribution < -0.4 is 15.6 Å². The Hall–Kier alpha value is -3.75. The third-order valence-corrected chi connectivity index (χ3v) is 8.13. The molecule has 2 aliphatic rings. The number of pyridine rings is 1. The average molecular weight is 533 g/mol. The van der Waals surface area contributed by atoms with Crippen molar-refractivity contribution in [1.82, 2.24) is 10.2 Å². The van der Waals surface area contributed by atoms with Crippen molar-refractivity contribution in [3.63, 3.8) is 0 Å². The fourth-order valence-corrected chi connectivity index (χ4v) is 6.21. The number of carboxylic acid groups (broad SMARTS) is 1. The molecule has 1 fully saturated rings. The largest absolute Gasteiger partial charge is 0.747 e. The summed E-state index contributed by atoms with van der Waals surface area (Å²) in [5.74, 6) is -3.64. The SMILES string of the molecule is NC(=O)c1cc[n+](CC2=C(C(=O)O)N3C(=O)[C@H](NC(=O)C(c4ccccc4)S(=O)(=O)[O-])C3SC2)cc1. The number of hydrogen-bond donors (Lipinski definition) is 3. The summed E-state index contributed by atoms with van der Waals surface area (Å²) in [5.41, 5.74) is 5.64. The van der Waals surface area contributed by atoms with Gasteiger partial charge in [0.25, 0.3) is 5.91 Å². The Kier molecular flexibility index (Phi) is 6.84. The molecule has 0 radical (unpaired) electrons. The van der Waals surface area contributed by atoms with Crippen LogP contribution in [0.4, 0.5) is 0 Å². The Balaban J connectivity index is 1.54. The number of carbonyl (C=O) groups is 4. The van der Waals surface area contributed by atoms with E-state index in [1.807, 2.05) is 0 Å². The summed E-state index contributed by atoms with van der Waals surface area (Å²) in [6.07, 6.45) is 3.11. The van der Waals surface area contributed by atoms with Gasteiger partial charge in [0.1, 0.15) is 27.2 Å². The van der Waals surface area contributed by atoms with Crippen LogP contribution in [0.1, 0.15) is 21.2 Å². The number of nitrogens with zero attached hydrogens (tertiary/aromatic N) is 2. The smallest absolute Gasteiger partial charge is 0.352 e. The molecule has 2 aliphatic heterocycles. The van der Waals surface area contributed by atoms with E-state index in [0.29, 0.717) is 5.57 Å². The first kappa shape index (κ1) is 25.3. The lowest BCUT2D eigenvalue weighted by atomic mass is 10.0. The van der Waals surface area contributed by atoms with Gasteiger partial charge in [-0.25, -0.2) is 17.8 Å². The van der Waals surface area contributed by atoms with Crippen LogP contribution in [0.15, 0.2) is 66.1 Å². The number of β-lactam (4-membered cyclic amide) rings is 1. The predicted molar refractivity (Wildman–Crippen MR) is 124 cm³/mol. The molecule has 3 heterocycles. The van der Waals surface area contributed by atoms with E-state index in [1.54, 1.807) is 23.0 Å². The molecule has 4 rings (SSSR count). The third-order valence-electron chi connectivity index (χ3n) is 5.73. The molecule has 1 saturated heterocycles. The summed E-state index contributed by atoms with van der Waals surface area (Å²) in [7, 11) is -5.10. The van der Waals surface area contributed by atoms with Crippen LogP contribution in [-0.4, -0.2) is 63.8 Å². The number of amides is 3. The van der Waals surface area contributed by atoms with Gasteiger partial charge in [-0.05, 0) is 5.56 Å². The van der Waals surface area contributed by atoms with Gasteiger partial charge in [-0.3, -0.25) is 19.3 Å². The number of primary amides is 1. The number of hydrogen-bond acceptors (Lipinski definition) is 8. The number of aliphatic carboxylic acids is 1. The molecule has 188 valence electrons. The molecule has 0 bridgehead atoms. The minimum Gasteiger partial charge on any atom is -0.747 e. The summed E-state index contributed by atoms with van der Waals surface area (Å²) in [5, 5.41) is 9.29. The van der Waals surface area contributed by atoms with Crippen molar-refractivity contribution in [2.24, 2.45) is 5.73 Å². The molecule has 1 aromatic heterocycles. The number of nitrogens with one attached hydrogen (secondary N) is 1. The maximum absolute atomic E-state index is 12.9. The first-order valence-electron chi connectivity index (χ1n) is 10.5. The Morgan fingerprint density at radius 2 is 1.83 bits per heavy atom. The number of thioether (sulfide) groups is 1. The van der Waals surface area contributed by atoms with Crippen molar-refractivity contribution < 1.29 is 41.8 Å². The van der Waals surface area contributed by atoms with Crippen LogP contribution in [-0.2, 0) is 31.0 Å². The predicted octanol–water partition coefficient (Wildman–Crippen LogP) is -0.902. The van der Waals surface area contributed by atoms with E-state index >= 15 is 0 Å². The molecule has 2 aromatic rings. The highest BCUT2D eigenvalue weighted by Gasteiger charge is 2.55. The third kappa shape index (κ3) is 4.82. The molecule has 3 atom stereocenters. The molecule has 0 saturated carbocycles. The molecule has 1 aromatic carbocycles. The molecular weight excluding hydrogens is 512 g/mol. The van der Waals surface area contributed by atoms with E-state index in [4.69, 9.17) is 5.73 Å². The molecular formula is C22H20N4O8S2. The molecule has 2 unspecified atom stereocenters. The zero-order valence-corrected chi connectivity index (χ0v) is 20.1. The Labute approximate surface area is 209 Å². The van der Waals surface area contributed by atoms with Gasteiger partial charge in [-0.1, -0.05) is 30.3 Å². The number of benzene rings is 1. The zero-order valence-electron chi connectivity index (χ0n) is 18.4. The van der Waals surface area contributed by atoms with E-state index in [-0.39, 0.29) is 29.1 Å². The second kappa shape index (κ2) is 9.72. The van der Waals surface area contributed by atoms with Crippen molar-refractivity contribution in [3.8, 4) is 0 Å². The molecule has 14 heteroatoms. The summed E-state index contributed by atoms with van der Waals surface area (Å²) in [6.45, 7) is 0.117. The van der Waals surface area contributed by atoms with Gasteiger partial charge in [0.15, 0.2) is 24.2 Å². The molecule has 3 amide bonds. The monoisotopic (exact) mass is 532 g/mol. The minimum atomic E-state index is -5.10. The van der Waals surface area contributed by atoms with E-state index < -0.39 is 50.5 Å². The van der Waals surface area contributed by atoms with Gasteiger partial charge in [0.05, 0.1) is 5.56 Å². The van der Waals surface area contributed by atoms with Gasteiger partial charge in [-0.2, -0.15) is 0 Å². The van der Waals surface area contributed by atoms with Crippen molar-refractivity contribution in [3.05, 3.63) is 77.3 Å². The lowest BCUT2D eigenvalue weighted by Crippen LogP contribution is -2.71. The number of aromatic nitrogens is 1. The normalized spacial score (nSPS) is 20.2. The van der Waals surface area contributed by atoms with Crippen molar-refractivity contribution >= 4 is 45.6 Å². The number of fused-ring (bicyclic) bond motifs is 1. The van der Waals surface area contributed by atoms with Crippen LogP contribution in [0.2, 0.25) is 0 Å². The maximum atomic E-state index is 12.9. The topological polar surface area (TPSA) is 191 Å². The highest BCUT2D eigenvalue weighted by atomic mass is 32.2. The molecule has 12 nitrogen and oxygen atoms in total. The standard InChI is InChI=1S/C22H20N4O8S2/c23-18(27)13-6-8-25(9-7-13)10-14-11-35-21-15(20(29)26(21)16(14)22(30)31)24-19(28)17(36(32,33)34)12-4-2-1-3-5-12/h1-9,15,17,21H,10-11H2,(H4-,23,24,27,28,30,31,32,33,34)/t15-,17?,21?/m0/s1. The molecule has 4 N–H and O–H groups in total. The zero-order chi connectivity index (χ0) is 26.2. The van der Waals surface area contributed by atoms with Crippen molar-refractivity contribution in [2.75, 3.05) is 5.75 Å². The molecule has 0 aliphatic carbocycles. The first-order chi connectivity index (χ1) is 17.0. The Morgan fingerprint density at radius 3 is 2.39 bits per heavy atom. The van der Waals surface area contributed by atoms with Crippen molar-refractivity contribution in [2.45, 2.75) is 23.2 Å². The summed E-state index contributed by atoms with van der Waals surface area (Å²) < 4.78 is 37.1. The number of nitrogens with two attached hydrogens (primary N) is 1. The number of carbonyl (C=O) groups excluding carboxylic acids is 3. The average Bonchev–Trinajstić information content (AvgIpc) is 2.82. The highest BCUT2D eigenvalue weighted by molar-refractivity contribution is 8.00. The van der Waals surface area contributed by atoms with Gasteiger partial charge < -0.3 is 20.7 Å². The molecule has 0 spiro atoms. The van der Waals surface area contributed by atoms with Crippen LogP contribution in [0.3, 0.4) is 0 Å². The van der Waals surface area contributed by atoms with Gasteiger partial charge in [0, 0.05) is 23.5 Å². The Morgan fingerprint density at radius 1 is 1.19 bits per heavy atom. The number of carboxylic acids is 1. The lowest BCUT2D eigenvalue weighted by Gasteiger charge is -2.49. The quantitative estimate of drug-likeness (QED) is 0.220. The van der Waals surface area contributed by atoms with E-state index in [1.165, 1.54) is 48.2 Å². The second-order valence-electron chi connectivity index (χ2n) is 8.06. The van der Waals surface area contributed by atoms with Gasteiger partial charge in [0.2, 0.25) is 11.8 Å². The summed E-state index contributed by atoms with van der Waals surface area (Å²) >= 11 is 1.19. The highest BCUT2D eigenvalue weighted by Crippen LogP contribution is 2.40. The Bertz CT molecular complexity index is 1380. The second-order valence-corrected chi connectivity index (χ2v) is 10.6. The molecule has 36 heavy (non-hydrogen) atoms. The summed E-state index contributed by atoms with van der Waals surface area (Å²) in [6, 6.07) is 8.92. The van der Waals surface area contributed by atoms with Crippen LogP contribution >= 0.6 is 11.8 Å². The summed E-state index contributed by atoms with van der Waals surface area (Å²) in [4.78, 5) is 50.0. The fraction of sp³-hybridized carbons (Fsp3) is 0.227.